The summed E-state index contributed by atoms with van der Waals surface area (Å²) in [5.74, 6) is -1.84. The largest absolute Gasteiger partial charge is 0.416 e. The maximum atomic E-state index is 13.7. The zero-order chi connectivity index (χ0) is 17.7. The highest BCUT2D eigenvalue weighted by atomic mass is 32.2. The third-order valence-corrected chi connectivity index (χ3v) is 5.53. The third kappa shape index (κ3) is 2.72. The molecule has 0 aromatic heterocycles. The van der Waals surface area contributed by atoms with Gasteiger partial charge in [-0.1, -0.05) is 6.07 Å². The Morgan fingerprint density at radius 1 is 1.04 bits per heavy atom. The minimum atomic E-state index is -4.70. The van der Waals surface area contributed by atoms with Gasteiger partial charge in [-0.3, -0.25) is 4.31 Å². The van der Waals surface area contributed by atoms with Gasteiger partial charge in [-0.15, -0.1) is 0 Å². The molecule has 0 N–H and O–H groups in total. The second-order valence-corrected chi connectivity index (χ2v) is 7.10. The second kappa shape index (κ2) is 5.44. The van der Waals surface area contributed by atoms with Crippen molar-refractivity contribution in [2.24, 2.45) is 0 Å². The lowest BCUT2D eigenvalue weighted by molar-refractivity contribution is -0.137. The van der Waals surface area contributed by atoms with Crippen LogP contribution in [0.5, 0.6) is 0 Å². The van der Waals surface area contributed by atoms with Crippen LogP contribution in [0.1, 0.15) is 11.1 Å². The zero-order valence-electron chi connectivity index (χ0n) is 11.9. The zero-order valence-corrected chi connectivity index (χ0v) is 12.8. The lowest BCUT2D eigenvalue weighted by atomic mass is 10.1. The summed E-state index contributed by atoms with van der Waals surface area (Å²) in [5, 5.41) is 0. The van der Waals surface area contributed by atoms with Crippen molar-refractivity contribution >= 4 is 15.7 Å². The molecule has 1 heterocycles. The fourth-order valence-electron chi connectivity index (χ4n) is 2.60. The van der Waals surface area contributed by atoms with E-state index in [4.69, 9.17) is 0 Å². The van der Waals surface area contributed by atoms with Gasteiger partial charge >= 0.3 is 6.18 Å². The predicted octanol–water partition coefficient (Wildman–Crippen LogP) is 3.74. The fraction of sp³-hybridized carbons (Fsp3) is 0.200. The molecular formula is C15H10F5NO2S. The molecule has 0 unspecified atom stereocenters. The van der Waals surface area contributed by atoms with Crippen LogP contribution in [-0.4, -0.2) is 15.0 Å². The average Bonchev–Trinajstić information content (AvgIpc) is 2.91. The molecule has 0 atom stereocenters. The Bertz CT molecular complexity index is 909. The quantitative estimate of drug-likeness (QED) is 0.763. The number of alkyl halides is 3. The summed E-state index contributed by atoms with van der Waals surface area (Å²) < 4.78 is 91.4. The van der Waals surface area contributed by atoms with Crippen molar-refractivity contribution in [2.45, 2.75) is 17.5 Å². The van der Waals surface area contributed by atoms with E-state index >= 15 is 0 Å². The first kappa shape index (κ1) is 16.7. The maximum absolute atomic E-state index is 13.7. The Labute approximate surface area is 134 Å². The van der Waals surface area contributed by atoms with Crippen molar-refractivity contribution in [1.29, 1.82) is 0 Å². The Morgan fingerprint density at radius 3 is 2.42 bits per heavy atom. The summed E-state index contributed by atoms with van der Waals surface area (Å²) in [6.45, 7) is -0.172. The van der Waals surface area contributed by atoms with Crippen LogP contribution in [0, 0.1) is 11.6 Å². The minimum Gasteiger partial charge on any atom is -0.266 e. The van der Waals surface area contributed by atoms with Crippen LogP contribution in [-0.2, 0) is 22.6 Å². The van der Waals surface area contributed by atoms with Crippen LogP contribution in [0.2, 0.25) is 0 Å². The SMILES string of the molecule is O=S(=O)(c1cccc(C(F)(F)F)c1)N1CCc2c(F)cc(F)cc21. The van der Waals surface area contributed by atoms with Gasteiger partial charge < -0.3 is 0 Å². The standard InChI is InChI=1S/C15H10F5NO2S/c16-10-7-13(17)12-4-5-21(14(12)8-10)24(22,23)11-3-1-2-9(6-11)15(18,19)20/h1-3,6-8H,4-5H2. The summed E-state index contributed by atoms with van der Waals surface area (Å²) in [6, 6.07) is 4.73. The average molecular weight is 363 g/mol. The van der Waals surface area contributed by atoms with Gasteiger partial charge in [0.25, 0.3) is 10.0 Å². The van der Waals surface area contributed by atoms with Crippen molar-refractivity contribution in [2.75, 3.05) is 10.8 Å². The number of hydrogen-bond donors (Lipinski definition) is 0. The Hall–Kier alpha value is -2.16. The van der Waals surface area contributed by atoms with E-state index in [0.717, 1.165) is 28.6 Å². The first-order valence-electron chi connectivity index (χ1n) is 6.78. The van der Waals surface area contributed by atoms with E-state index in [1.54, 1.807) is 0 Å². The van der Waals surface area contributed by atoms with Gasteiger partial charge in [0.15, 0.2) is 0 Å². The lowest BCUT2D eigenvalue weighted by Gasteiger charge is -2.20. The number of rotatable bonds is 2. The number of anilines is 1. The number of halogens is 5. The van der Waals surface area contributed by atoms with Crippen LogP contribution in [0.3, 0.4) is 0 Å². The molecule has 1 aliphatic heterocycles. The molecule has 9 heteroatoms. The molecule has 0 bridgehead atoms. The Kier molecular flexibility index (Phi) is 3.78. The third-order valence-electron chi connectivity index (χ3n) is 3.72. The number of hydrogen-bond acceptors (Lipinski definition) is 2. The maximum Gasteiger partial charge on any atom is 0.416 e. The normalized spacial score (nSPS) is 14.8. The molecule has 128 valence electrons. The fourth-order valence-corrected chi connectivity index (χ4v) is 4.14. The van der Waals surface area contributed by atoms with Crippen molar-refractivity contribution in [1.82, 2.24) is 0 Å². The summed E-state index contributed by atoms with van der Waals surface area (Å²) in [5.41, 5.74) is -1.29. The molecule has 0 amide bonds. The summed E-state index contributed by atoms with van der Waals surface area (Å²) in [6.07, 6.45) is -4.69. The molecule has 1 aliphatic rings. The molecule has 0 saturated carbocycles. The predicted molar refractivity (Wildman–Crippen MR) is 76.0 cm³/mol. The molecule has 0 spiro atoms. The molecule has 2 aromatic rings. The number of fused-ring (bicyclic) bond motifs is 1. The Balaban J connectivity index is 2.09. The second-order valence-electron chi connectivity index (χ2n) is 5.24. The summed E-state index contributed by atoms with van der Waals surface area (Å²) in [7, 11) is -4.37. The van der Waals surface area contributed by atoms with Crippen molar-refractivity contribution < 1.29 is 30.4 Å². The Morgan fingerprint density at radius 2 is 1.75 bits per heavy atom. The molecule has 3 nitrogen and oxygen atoms in total. The number of sulfonamides is 1. The monoisotopic (exact) mass is 363 g/mol. The molecule has 0 fully saturated rings. The van der Waals surface area contributed by atoms with Crippen LogP contribution in [0.4, 0.5) is 27.6 Å². The van der Waals surface area contributed by atoms with Crippen LogP contribution >= 0.6 is 0 Å². The topological polar surface area (TPSA) is 37.4 Å². The van der Waals surface area contributed by atoms with E-state index in [2.05, 4.69) is 0 Å². The van der Waals surface area contributed by atoms with E-state index in [0.29, 0.717) is 12.1 Å². The van der Waals surface area contributed by atoms with E-state index in [9.17, 15) is 30.4 Å². The van der Waals surface area contributed by atoms with Gasteiger partial charge in [-0.2, -0.15) is 13.2 Å². The van der Waals surface area contributed by atoms with Crippen molar-refractivity contribution in [3.63, 3.8) is 0 Å². The van der Waals surface area contributed by atoms with Gasteiger partial charge in [0, 0.05) is 18.2 Å². The molecule has 3 rings (SSSR count). The van der Waals surface area contributed by atoms with Crippen LogP contribution in [0.15, 0.2) is 41.3 Å². The van der Waals surface area contributed by atoms with Gasteiger partial charge in [0.2, 0.25) is 0 Å². The van der Waals surface area contributed by atoms with Crippen LogP contribution < -0.4 is 4.31 Å². The highest BCUT2D eigenvalue weighted by molar-refractivity contribution is 7.92. The highest BCUT2D eigenvalue weighted by Gasteiger charge is 2.36. The lowest BCUT2D eigenvalue weighted by Crippen LogP contribution is -2.29. The molecule has 2 aromatic carbocycles. The summed E-state index contributed by atoms with van der Waals surface area (Å²) in [4.78, 5) is -0.588. The number of benzene rings is 2. The first-order valence-corrected chi connectivity index (χ1v) is 8.22. The molecule has 24 heavy (non-hydrogen) atoms. The van der Waals surface area contributed by atoms with E-state index in [-0.39, 0.29) is 24.2 Å². The molecule has 0 saturated heterocycles. The van der Waals surface area contributed by atoms with Gasteiger partial charge in [0.05, 0.1) is 16.1 Å². The summed E-state index contributed by atoms with van der Waals surface area (Å²) >= 11 is 0. The van der Waals surface area contributed by atoms with Gasteiger partial charge in [-0.25, -0.2) is 17.2 Å². The minimum absolute atomic E-state index is 0.0135. The van der Waals surface area contributed by atoms with Gasteiger partial charge in [0.1, 0.15) is 11.6 Å². The molecule has 0 radical (unpaired) electrons. The molecule has 0 aliphatic carbocycles. The smallest absolute Gasteiger partial charge is 0.266 e. The first-order chi connectivity index (χ1) is 11.1. The van der Waals surface area contributed by atoms with Crippen molar-refractivity contribution in [3.05, 3.63) is 59.2 Å². The van der Waals surface area contributed by atoms with Gasteiger partial charge in [-0.05, 0) is 30.7 Å². The van der Waals surface area contributed by atoms with E-state index in [1.807, 2.05) is 0 Å². The van der Waals surface area contributed by atoms with Crippen molar-refractivity contribution in [3.8, 4) is 0 Å². The van der Waals surface area contributed by atoms with Crippen LogP contribution in [0.25, 0.3) is 0 Å². The number of nitrogens with zero attached hydrogens (tertiary/aromatic N) is 1. The van der Waals surface area contributed by atoms with E-state index in [1.165, 1.54) is 0 Å². The molecular weight excluding hydrogens is 353 g/mol. The highest BCUT2D eigenvalue weighted by Crippen LogP contribution is 2.36. The van der Waals surface area contributed by atoms with E-state index < -0.39 is 38.3 Å².